The summed E-state index contributed by atoms with van der Waals surface area (Å²) in [4.78, 5) is 25.0. The summed E-state index contributed by atoms with van der Waals surface area (Å²) in [6.45, 7) is 4.58. The Kier molecular flexibility index (Phi) is 7.73. The van der Waals surface area contributed by atoms with Gasteiger partial charge < -0.3 is 20.2 Å². The number of carboxylic acid groups (broad SMARTS) is 1. The molecule has 0 bridgehead atoms. The zero-order chi connectivity index (χ0) is 18.1. The molecule has 6 heteroatoms. The van der Waals surface area contributed by atoms with Crippen molar-refractivity contribution in [3.63, 3.8) is 0 Å². The van der Waals surface area contributed by atoms with Crippen LogP contribution in [-0.4, -0.2) is 67.2 Å². The lowest BCUT2D eigenvalue weighted by Gasteiger charge is -2.32. The Labute approximate surface area is 149 Å². The van der Waals surface area contributed by atoms with Crippen molar-refractivity contribution in [3.05, 3.63) is 35.9 Å². The maximum atomic E-state index is 12.3. The number of hydrogen-bond acceptors (Lipinski definition) is 3. The van der Waals surface area contributed by atoms with Crippen molar-refractivity contribution in [1.29, 1.82) is 0 Å². The molecule has 2 heterocycles. The average molecular weight is 347 g/mol. The SMILES string of the molecule is CN1CCC(CNC(=O)N2CCC(c3ccccc3)CC2)C1.O=CO. The van der Waals surface area contributed by atoms with E-state index in [4.69, 9.17) is 9.90 Å². The van der Waals surface area contributed by atoms with Crippen molar-refractivity contribution in [3.8, 4) is 0 Å². The molecule has 0 saturated carbocycles. The lowest BCUT2D eigenvalue weighted by molar-refractivity contribution is -0.122. The minimum atomic E-state index is -0.250. The third-order valence-corrected chi connectivity index (χ3v) is 5.08. The van der Waals surface area contributed by atoms with Gasteiger partial charge in [-0.3, -0.25) is 4.79 Å². The van der Waals surface area contributed by atoms with Crippen LogP contribution in [0.5, 0.6) is 0 Å². The van der Waals surface area contributed by atoms with E-state index in [9.17, 15) is 4.79 Å². The number of nitrogens with one attached hydrogen (secondary N) is 1. The second-order valence-corrected chi connectivity index (χ2v) is 6.88. The van der Waals surface area contributed by atoms with Gasteiger partial charge in [0.05, 0.1) is 0 Å². The van der Waals surface area contributed by atoms with Gasteiger partial charge in [0.15, 0.2) is 0 Å². The molecule has 2 N–H and O–H groups in total. The fourth-order valence-electron chi connectivity index (χ4n) is 3.68. The summed E-state index contributed by atoms with van der Waals surface area (Å²) in [6, 6.07) is 10.8. The van der Waals surface area contributed by atoms with Crippen LogP contribution in [0.1, 0.15) is 30.7 Å². The van der Waals surface area contributed by atoms with Crippen LogP contribution in [0, 0.1) is 5.92 Å². The summed E-state index contributed by atoms with van der Waals surface area (Å²) in [5.41, 5.74) is 1.41. The molecule has 6 nitrogen and oxygen atoms in total. The molecule has 0 spiro atoms. The van der Waals surface area contributed by atoms with Crippen LogP contribution in [0.3, 0.4) is 0 Å². The van der Waals surface area contributed by atoms with Gasteiger partial charge in [0.1, 0.15) is 0 Å². The van der Waals surface area contributed by atoms with Crippen LogP contribution in [0.25, 0.3) is 0 Å². The van der Waals surface area contributed by atoms with Crippen LogP contribution in [0.4, 0.5) is 4.79 Å². The molecule has 2 amide bonds. The monoisotopic (exact) mass is 347 g/mol. The van der Waals surface area contributed by atoms with Crippen molar-refractivity contribution in [1.82, 2.24) is 15.1 Å². The average Bonchev–Trinajstić information content (AvgIpc) is 3.07. The number of amides is 2. The lowest BCUT2D eigenvalue weighted by Crippen LogP contribution is -2.45. The highest BCUT2D eigenvalue weighted by Crippen LogP contribution is 2.27. The van der Waals surface area contributed by atoms with Gasteiger partial charge in [-0.1, -0.05) is 30.3 Å². The van der Waals surface area contributed by atoms with Crippen molar-refractivity contribution >= 4 is 12.5 Å². The van der Waals surface area contributed by atoms with Crippen LogP contribution in [0.15, 0.2) is 30.3 Å². The lowest BCUT2D eigenvalue weighted by atomic mass is 9.90. The summed E-state index contributed by atoms with van der Waals surface area (Å²) < 4.78 is 0. The normalized spacial score (nSPS) is 21.3. The highest BCUT2D eigenvalue weighted by atomic mass is 16.3. The molecular weight excluding hydrogens is 318 g/mol. The number of urea groups is 1. The van der Waals surface area contributed by atoms with Crippen LogP contribution >= 0.6 is 0 Å². The molecule has 1 aromatic carbocycles. The van der Waals surface area contributed by atoms with Gasteiger partial charge in [0.25, 0.3) is 6.47 Å². The number of carbonyl (C=O) groups excluding carboxylic acids is 1. The molecule has 0 aliphatic carbocycles. The fraction of sp³-hybridized carbons (Fsp3) is 0.579. The molecule has 1 aromatic rings. The zero-order valence-electron chi connectivity index (χ0n) is 14.9. The Morgan fingerprint density at radius 2 is 1.84 bits per heavy atom. The third kappa shape index (κ3) is 6.05. The quantitative estimate of drug-likeness (QED) is 0.823. The van der Waals surface area contributed by atoms with E-state index >= 15 is 0 Å². The van der Waals surface area contributed by atoms with E-state index in [2.05, 4.69) is 47.6 Å². The van der Waals surface area contributed by atoms with Gasteiger partial charge in [-0.05, 0) is 50.3 Å². The van der Waals surface area contributed by atoms with Crippen molar-refractivity contribution < 1.29 is 14.7 Å². The van der Waals surface area contributed by atoms with E-state index in [1.807, 2.05) is 4.90 Å². The Morgan fingerprint density at radius 3 is 2.40 bits per heavy atom. The van der Waals surface area contributed by atoms with E-state index < -0.39 is 0 Å². The summed E-state index contributed by atoms with van der Waals surface area (Å²) in [6.07, 6.45) is 3.35. The molecule has 2 aliphatic rings. The molecule has 138 valence electrons. The minimum absolute atomic E-state index is 0.126. The first-order valence-electron chi connectivity index (χ1n) is 8.98. The molecule has 2 aliphatic heterocycles. The molecule has 0 radical (unpaired) electrons. The van der Waals surface area contributed by atoms with Crippen molar-refractivity contribution in [2.45, 2.75) is 25.2 Å². The molecule has 2 saturated heterocycles. The first kappa shape index (κ1) is 19.2. The second kappa shape index (κ2) is 10.0. The number of likely N-dealkylation sites (tertiary alicyclic amines) is 2. The van der Waals surface area contributed by atoms with Gasteiger partial charge in [-0.15, -0.1) is 0 Å². The number of carbonyl (C=O) groups is 2. The Bertz CT molecular complexity index is 530. The second-order valence-electron chi connectivity index (χ2n) is 6.88. The van der Waals surface area contributed by atoms with Gasteiger partial charge >= 0.3 is 6.03 Å². The maximum absolute atomic E-state index is 12.3. The van der Waals surface area contributed by atoms with E-state index in [0.717, 1.165) is 45.6 Å². The van der Waals surface area contributed by atoms with E-state index in [-0.39, 0.29) is 12.5 Å². The fourth-order valence-corrected chi connectivity index (χ4v) is 3.68. The number of hydrogen-bond donors (Lipinski definition) is 2. The van der Waals surface area contributed by atoms with Crippen LogP contribution < -0.4 is 5.32 Å². The molecule has 25 heavy (non-hydrogen) atoms. The molecule has 0 aromatic heterocycles. The summed E-state index contributed by atoms with van der Waals surface area (Å²) in [5.74, 6) is 1.23. The predicted molar refractivity (Wildman–Crippen MR) is 97.7 cm³/mol. The summed E-state index contributed by atoms with van der Waals surface area (Å²) >= 11 is 0. The predicted octanol–water partition coefficient (Wildman–Crippen LogP) is 2.23. The molecule has 3 rings (SSSR count). The van der Waals surface area contributed by atoms with Gasteiger partial charge in [0, 0.05) is 26.2 Å². The van der Waals surface area contributed by atoms with E-state index in [1.165, 1.54) is 12.0 Å². The molecular formula is C19H29N3O3. The number of rotatable bonds is 3. The topological polar surface area (TPSA) is 72.9 Å². The standard InChI is InChI=1S/C18H27N3O.CH2O2/c1-20-10-7-15(14-20)13-19-18(22)21-11-8-17(9-12-21)16-5-3-2-4-6-16;2-1-3/h2-6,15,17H,7-14H2,1H3,(H,19,22);1H,(H,2,3). The van der Waals surface area contributed by atoms with Gasteiger partial charge in [0.2, 0.25) is 0 Å². The largest absolute Gasteiger partial charge is 0.483 e. The third-order valence-electron chi connectivity index (χ3n) is 5.08. The van der Waals surface area contributed by atoms with Gasteiger partial charge in [-0.25, -0.2) is 4.79 Å². The van der Waals surface area contributed by atoms with Gasteiger partial charge in [-0.2, -0.15) is 0 Å². The summed E-state index contributed by atoms with van der Waals surface area (Å²) in [5, 5.41) is 10.0. The highest BCUT2D eigenvalue weighted by Gasteiger charge is 2.25. The Balaban J connectivity index is 0.000000701. The molecule has 2 fully saturated rings. The first-order chi connectivity index (χ1) is 12.1. The minimum Gasteiger partial charge on any atom is -0.483 e. The first-order valence-corrected chi connectivity index (χ1v) is 8.98. The Hall–Kier alpha value is -2.08. The number of nitrogens with zero attached hydrogens (tertiary/aromatic N) is 2. The summed E-state index contributed by atoms with van der Waals surface area (Å²) in [7, 11) is 2.15. The van der Waals surface area contributed by atoms with E-state index in [0.29, 0.717) is 11.8 Å². The maximum Gasteiger partial charge on any atom is 0.317 e. The van der Waals surface area contributed by atoms with Crippen molar-refractivity contribution in [2.75, 3.05) is 39.8 Å². The number of piperidine rings is 1. The Morgan fingerprint density at radius 1 is 1.20 bits per heavy atom. The van der Waals surface area contributed by atoms with Crippen LogP contribution in [-0.2, 0) is 4.79 Å². The highest BCUT2D eigenvalue weighted by molar-refractivity contribution is 5.74. The molecule has 1 atom stereocenters. The smallest absolute Gasteiger partial charge is 0.317 e. The van der Waals surface area contributed by atoms with E-state index in [1.54, 1.807) is 0 Å². The van der Waals surface area contributed by atoms with Crippen LogP contribution in [0.2, 0.25) is 0 Å². The zero-order valence-corrected chi connectivity index (χ0v) is 14.9. The number of benzene rings is 1. The molecule has 1 unspecified atom stereocenters. The van der Waals surface area contributed by atoms with Crippen molar-refractivity contribution in [2.24, 2.45) is 5.92 Å².